The molecule has 2 fully saturated rings. The molecule has 0 spiro atoms. The fourth-order valence-corrected chi connectivity index (χ4v) is 4.59. The fourth-order valence-electron chi connectivity index (χ4n) is 4.59. The third kappa shape index (κ3) is 4.05. The van der Waals surface area contributed by atoms with Crippen molar-refractivity contribution < 1.29 is 4.79 Å². The molecule has 154 valence electrons. The highest BCUT2D eigenvalue weighted by Gasteiger charge is 2.37. The van der Waals surface area contributed by atoms with Crippen LogP contribution in [0.25, 0.3) is 0 Å². The van der Waals surface area contributed by atoms with Crippen molar-refractivity contribution in [3.05, 3.63) is 47.6 Å². The fraction of sp³-hybridized carbons (Fsp3) is 0.500. The number of fused-ring (bicyclic) bond motifs is 1. The zero-order valence-electron chi connectivity index (χ0n) is 17.3. The number of hydrogen-bond acceptors (Lipinski definition) is 6. The summed E-state index contributed by atoms with van der Waals surface area (Å²) >= 11 is 0. The largest absolute Gasteiger partial charge is 0.354 e. The van der Waals surface area contributed by atoms with Gasteiger partial charge in [-0.3, -0.25) is 9.69 Å². The minimum absolute atomic E-state index is 0.0753. The summed E-state index contributed by atoms with van der Waals surface area (Å²) in [5.41, 5.74) is 1.98. The molecule has 3 aliphatic heterocycles. The number of aliphatic imine (C=N–C) groups is 1. The van der Waals surface area contributed by atoms with Gasteiger partial charge in [-0.1, -0.05) is 11.6 Å². The number of carbonyl (C=O) groups is 1. The van der Waals surface area contributed by atoms with E-state index in [1.165, 1.54) is 5.57 Å². The minimum Gasteiger partial charge on any atom is -0.354 e. The van der Waals surface area contributed by atoms with Crippen molar-refractivity contribution in [1.29, 1.82) is 0 Å². The summed E-state index contributed by atoms with van der Waals surface area (Å²) in [5, 5.41) is 3.05. The lowest BCUT2D eigenvalue weighted by Gasteiger charge is -2.40. The Morgan fingerprint density at radius 3 is 2.97 bits per heavy atom. The van der Waals surface area contributed by atoms with Gasteiger partial charge in [0.05, 0.1) is 5.70 Å². The minimum atomic E-state index is -0.0901. The highest BCUT2D eigenvalue weighted by Crippen LogP contribution is 2.29. The van der Waals surface area contributed by atoms with Crippen LogP contribution in [0.5, 0.6) is 0 Å². The van der Waals surface area contributed by atoms with Gasteiger partial charge in [0.15, 0.2) is 5.82 Å². The number of rotatable bonds is 5. The molecule has 0 bridgehead atoms. The van der Waals surface area contributed by atoms with Crippen molar-refractivity contribution in [2.45, 2.75) is 38.8 Å². The van der Waals surface area contributed by atoms with Crippen LogP contribution in [0.4, 0.5) is 5.82 Å². The average molecular weight is 395 g/mol. The van der Waals surface area contributed by atoms with E-state index in [1.54, 1.807) is 0 Å². The Kier molecular flexibility index (Phi) is 5.67. The third-order valence-corrected chi connectivity index (χ3v) is 6.06. The highest BCUT2D eigenvalue weighted by molar-refractivity contribution is 5.86. The van der Waals surface area contributed by atoms with Gasteiger partial charge < -0.3 is 15.1 Å². The summed E-state index contributed by atoms with van der Waals surface area (Å²) in [4.78, 5) is 28.1. The van der Waals surface area contributed by atoms with Crippen molar-refractivity contribution in [2.75, 3.05) is 37.6 Å². The van der Waals surface area contributed by atoms with E-state index in [2.05, 4.69) is 62.7 Å². The first-order chi connectivity index (χ1) is 14.1. The molecule has 0 radical (unpaired) electrons. The van der Waals surface area contributed by atoms with E-state index in [-0.39, 0.29) is 11.9 Å². The van der Waals surface area contributed by atoms with E-state index in [0.29, 0.717) is 6.04 Å². The number of allylic oxidation sites excluding steroid dienone is 1. The molecule has 3 aliphatic rings. The zero-order chi connectivity index (χ0) is 20.4. The van der Waals surface area contributed by atoms with Crippen molar-refractivity contribution in [3.8, 4) is 0 Å². The maximum absolute atomic E-state index is 12.4. The number of amides is 1. The van der Waals surface area contributed by atoms with E-state index in [0.717, 1.165) is 62.9 Å². The number of piperazine rings is 1. The molecule has 4 rings (SSSR count). The first kappa shape index (κ1) is 19.6. The van der Waals surface area contributed by atoms with Crippen molar-refractivity contribution in [2.24, 2.45) is 4.99 Å². The van der Waals surface area contributed by atoms with E-state index in [1.807, 2.05) is 18.3 Å². The third-order valence-electron chi connectivity index (χ3n) is 6.06. The van der Waals surface area contributed by atoms with Crippen LogP contribution in [0.3, 0.4) is 0 Å². The van der Waals surface area contributed by atoms with Crippen LogP contribution in [0.15, 0.2) is 52.6 Å². The Balaban J connectivity index is 1.44. The lowest BCUT2D eigenvalue weighted by Crippen LogP contribution is -2.52. The maximum Gasteiger partial charge on any atom is 0.247 e. The van der Waals surface area contributed by atoms with Crippen LogP contribution < -0.4 is 10.2 Å². The van der Waals surface area contributed by atoms with Gasteiger partial charge in [-0.15, -0.1) is 0 Å². The van der Waals surface area contributed by atoms with Gasteiger partial charge in [0.2, 0.25) is 5.91 Å². The van der Waals surface area contributed by atoms with Crippen molar-refractivity contribution in [3.63, 3.8) is 0 Å². The molecular formula is C22H30N6O. The molecule has 2 saturated heterocycles. The van der Waals surface area contributed by atoms with E-state index in [9.17, 15) is 4.79 Å². The van der Waals surface area contributed by atoms with E-state index in [4.69, 9.17) is 0 Å². The quantitative estimate of drug-likeness (QED) is 0.774. The Labute approximate surface area is 172 Å². The summed E-state index contributed by atoms with van der Waals surface area (Å²) in [6, 6.07) is 6.39. The lowest BCUT2D eigenvalue weighted by atomic mass is 10.1. The SMILES string of the molecule is C=NC1=C(C=C(C)CN2CCN(c3ccccn3)CC2C)NC(=O)C2CCCN12. The van der Waals surface area contributed by atoms with Crippen molar-refractivity contribution >= 4 is 18.4 Å². The standard InChI is InChI=1S/C22H30N6O/c1-16(13-18-21(23-3)28-10-6-7-19(28)22(29)25-18)14-26-11-12-27(15-17(26)2)20-8-4-5-9-24-20/h4-5,8-9,13,17,19H,3,6-7,10-12,14-15H2,1-2H3,(H,25,29). The second kappa shape index (κ2) is 8.37. The normalized spacial score (nSPS) is 25.9. The van der Waals surface area contributed by atoms with Crippen LogP contribution in [0.1, 0.15) is 26.7 Å². The summed E-state index contributed by atoms with van der Waals surface area (Å²) in [6.45, 7) is 12.8. The van der Waals surface area contributed by atoms with Gasteiger partial charge in [0.25, 0.3) is 0 Å². The lowest BCUT2D eigenvalue weighted by molar-refractivity contribution is -0.125. The molecule has 0 saturated carbocycles. The van der Waals surface area contributed by atoms with Crippen LogP contribution in [0.2, 0.25) is 0 Å². The number of pyridine rings is 1. The molecule has 2 unspecified atom stereocenters. The Hall–Kier alpha value is -2.67. The first-order valence-electron chi connectivity index (χ1n) is 10.4. The number of nitrogens with one attached hydrogen (secondary N) is 1. The van der Waals surface area contributed by atoms with Crippen LogP contribution in [0, 0.1) is 0 Å². The highest BCUT2D eigenvalue weighted by atomic mass is 16.2. The van der Waals surface area contributed by atoms with Gasteiger partial charge >= 0.3 is 0 Å². The molecule has 2 atom stereocenters. The number of aromatic nitrogens is 1. The average Bonchev–Trinajstić information content (AvgIpc) is 3.21. The predicted octanol–water partition coefficient (Wildman–Crippen LogP) is 2.00. The molecule has 1 aromatic heterocycles. The van der Waals surface area contributed by atoms with Gasteiger partial charge in [0.1, 0.15) is 11.9 Å². The number of carbonyl (C=O) groups excluding carboxylic acids is 1. The molecule has 1 amide bonds. The second-order valence-electron chi connectivity index (χ2n) is 8.18. The van der Waals surface area contributed by atoms with Crippen LogP contribution >= 0.6 is 0 Å². The summed E-state index contributed by atoms with van der Waals surface area (Å²) < 4.78 is 0. The molecular weight excluding hydrogens is 364 g/mol. The molecule has 29 heavy (non-hydrogen) atoms. The molecule has 1 N–H and O–H groups in total. The smallest absolute Gasteiger partial charge is 0.247 e. The van der Waals surface area contributed by atoms with Gasteiger partial charge in [-0.05, 0) is 51.6 Å². The predicted molar refractivity (Wildman–Crippen MR) is 116 cm³/mol. The van der Waals surface area contributed by atoms with Gasteiger partial charge in [-0.25, -0.2) is 9.98 Å². The molecule has 7 nitrogen and oxygen atoms in total. The molecule has 0 aliphatic carbocycles. The number of hydrogen-bond donors (Lipinski definition) is 1. The van der Waals surface area contributed by atoms with Crippen LogP contribution in [-0.2, 0) is 4.79 Å². The molecule has 0 aromatic carbocycles. The molecule has 1 aromatic rings. The number of anilines is 1. The summed E-state index contributed by atoms with van der Waals surface area (Å²) in [5.74, 6) is 1.92. The van der Waals surface area contributed by atoms with Gasteiger partial charge in [0, 0.05) is 45.0 Å². The summed E-state index contributed by atoms with van der Waals surface area (Å²) in [7, 11) is 0. The van der Waals surface area contributed by atoms with E-state index < -0.39 is 0 Å². The molecule has 4 heterocycles. The number of nitrogens with zero attached hydrogens (tertiary/aromatic N) is 5. The first-order valence-corrected chi connectivity index (χ1v) is 10.4. The van der Waals surface area contributed by atoms with E-state index >= 15 is 0 Å². The second-order valence-corrected chi connectivity index (χ2v) is 8.18. The molecule has 7 heteroatoms. The Bertz CT molecular complexity index is 833. The zero-order valence-corrected chi connectivity index (χ0v) is 17.3. The Morgan fingerprint density at radius 1 is 1.38 bits per heavy atom. The summed E-state index contributed by atoms with van der Waals surface area (Å²) in [6.07, 6.45) is 5.82. The van der Waals surface area contributed by atoms with Gasteiger partial charge in [-0.2, -0.15) is 0 Å². The topological polar surface area (TPSA) is 64.1 Å². The van der Waals surface area contributed by atoms with Crippen LogP contribution in [-0.4, -0.2) is 72.2 Å². The van der Waals surface area contributed by atoms with Crippen molar-refractivity contribution in [1.82, 2.24) is 20.1 Å². The maximum atomic E-state index is 12.4. The Morgan fingerprint density at radius 2 is 2.24 bits per heavy atom. The monoisotopic (exact) mass is 394 g/mol.